The van der Waals surface area contributed by atoms with Crippen LogP contribution in [0.25, 0.3) is 0 Å². The zero-order valence-electron chi connectivity index (χ0n) is 11.3. The van der Waals surface area contributed by atoms with Gasteiger partial charge in [0.1, 0.15) is 12.4 Å². The number of nitrogens with zero attached hydrogens (tertiary/aromatic N) is 1. The summed E-state index contributed by atoms with van der Waals surface area (Å²) in [6.45, 7) is 0.956. The van der Waals surface area contributed by atoms with Crippen molar-refractivity contribution in [2.75, 3.05) is 26.7 Å². The molecule has 0 spiro atoms. The van der Waals surface area contributed by atoms with Gasteiger partial charge in [-0.05, 0) is 30.2 Å². The Morgan fingerprint density at radius 3 is 2.95 bits per heavy atom. The van der Waals surface area contributed by atoms with Crippen molar-refractivity contribution in [3.8, 4) is 5.75 Å². The SMILES string of the molecule is CN1CCc2cc(OC/C(=C/F)CN)ccc2C1=O.Cl. The molecule has 0 radical (unpaired) electrons. The quantitative estimate of drug-likeness (QED) is 0.924. The first kappa shape index (κ1) is 16.5. The highest BCUT2D eigenvalue weighted by atomic mass is 35.5. The molecule has 0 saturated heterocycles. The molecule has 2 N–H and O–H groups in total. The molecule has 1 amide bonds. The second kappa shape index (κ2) is 7.26. The van der Waals surface area contributed by atoms with E-state index >= 15 is 0 Å². The highest BCUT2D eigenvalue weighted by molar-refractivity contribution is 5.96. The van der Waals surface area contributed by atoms with E-state index in [4.69, 9.17) is 10.5 Å². The van der Waals surface area contributed by atoms with E-state index in [2.05, 4.69) is 0 Å². The van der Waals surface area contributed by atoms with Crippen molar-refractivity contribution in [1.82, 2.24) is 4.90 Å². The third kappa shape index (κ3) is 3.49. The average molecular weight is 301 g/mol. The monoisotopic (exact) mass is 300 g/mol. The van der Waals surface area contributed by atoms with Gasteiger partial charge in [0.05, 0.1) is 6.33 Å². The van der Waals surface area contributed by atoms with Crippen LogP contribution in [0.2, 0.25) is 0 Å². The van der Waals surface area contributed by atoms with E-state index in [-0.39, 0.29) is 31.5 Å². The summed E-state index contributed by atoms with van der Waals surface area (Å²) in [5.74, 6) is 0.656. The van der Waals surface area contributed by atoms with Crippen LogP contribution in [0.15, 0.2) is 30.1 Å². The van der Waals surface area contributed by atoms with Crippen molar-refractivity contribution in [2.24, 2.45) is 5.73 Å². The van der Waals surface area contributed by atoms with Gasteiger partial charge in [-0.25, -0.2) is 4.39 Å². The molecule has 1 aromatic rings. The molecule has 110 valence electrons. The largest absolute Gasteiger partial charge is 0.489 e. The van der Waals surface area contributed by atoms with Crippen molar-refractivity contribution in [3.63, 3.8) is 0 Å². The van der Waals surface area contributed by atoms with Crippen LogP contribution in [0.3, 0.4) is 0 Å². The fourth-order valence-corrected chi connectivity index (χ4v) is 1.98. The van der Waals surface area contributed by atoms with E-state index in [1.54, 1.807) is 24.1 Å². The maximum absolute atomic E-state index is 12.4. The molecule has 4 nitrogen and oxygen atoms in total. The Balaban J connectivity index is 0.00000200. The molecular weight excluding hydrogens is 283 g/mol. The van der Waals surface area contributed by atoms with Crippen molar-refractivity contribution in [1.29, 1.82) is 0 Å². The second-order valence-electron chi connectivity index (χ2n) is 4.56. The Morgan fingerprint density at radius 1 is 1.55 bits per heavy atom. The Hall–Kier alpha value is -1.59. The van der Waals surface area contributed by atoms with Gasteiger partial charge < -0.3 is 15.4 Å². The first-order valence-corrected chi connectivity index (χ1v) is 6.15. The average Bonchev–Trinajstić information content (AvgIpc) is 2.44. The Labute approximate surface area is 123 Å². The normalized spacial score (nSPS) is 14.7. The number of fused-ring (bicyclic) bond motifs is 1. The standard InChI is InChI=1S/C14H17FN2O2.ClH/c1-17-5-4-11-6-12(2-3-13(11)14(17)18)19-9-10(7-15)8-16;/h2-3,6-7H,4-5,8-9,16H2,1H3;1H/b10-7+;. The minimum atomic E-state index is 0. The molecule has 0 atom stereocenters. The van der Waals surface area contributed by atoms with Crippen LogP contribution in [-0.4, -0.2) is 37.6 Å². The third-order valence-corrected chi connectivity index (χ3v) is 3.21. The molecule has 0 fully saturated rings. The van der Waals surface area contributed by atoms with Crippen LogP contribution in [0.1, 0.15) is 15.9 Å². The first-order valence-electron chi connectivity index (χ1n) is 6.15. The zero-order valence-corrected chi connectivity index (χ0v) is 12.1. The minimum Gasteiger partial charge on any atom is -0.489 e. The lowest BCUT2D eigenvalue weighted by Gasteiger charge is -2.25. The highest BCUT2D eigenvalue weighted by Crippen LogP contribution is 2.23. The van der Waals surface area contributed by atoms with Gasteiger partial charge in [-0.15, -0.1) is 12.4 Å². The van der Waals surface area contributed by atoms with Crippen molar-refractivity contribution >= 4 is 18.3 Å². The molecule has 1 aliphatic rings. The van der Waals surface area contributed by atoms with Gasteiger partial charge in [-0.3, -0.25) is 4.79 Å². The molecule has 6 heteroatoms. The van der Waals surface area contributed by atoms with E-state index in [9.17, 15) is 9.18 Å². The predicted octanol–water partition coefficient (Wildman–Crippen LogP) is 1.93. The summed E-state index contributed by atoms with van der Waals surface area (Å²) in [4.78, 5) is 13.6. The molecule has 1 aliphatic heterocycles. The topological polar surface area (TPSA) is 55.6 Å². The summed E-state index contributed by atoms with van der Waals surface area (Å²) >= 11 is 0. The van der Waals surface area contributed by atoms with Gasteiger partial charge in [0.2, 0.25) is 0 Å². The van der Waals surface area contributed by atoms with Crippen LogP contribution in [-0.2, 0) is 6.42 Å². The van der Waals surface area contributed by atoms with Crippen LogP contribution in [0.4, 0.5) is 4.39 Å². The number of rotatable bonds is 4. The molecule has 0 saturated carbocycles. The number of nitrogens with two attached hydrogens (primary N) is 1. The van der Waals surface area contributed by atoms with Gasteiger partial charge in [0, 0.05) is 31.3 Å². The molecular formula is C14H18ClFN2O2. The summed E-state index contributed by atoms with van der Waals surface area (Å²) < 4.78 is 17.8. The van der Waals surface area contributed by atoms with E-state index < -0.39 is 0 Å². The fraction of sp³-hybridized carbons (Fsp3) is 0.357. The summed E-state index contributed by atoms with van der Waals surface area (Å²) in [5.41, 5.74) is 7.43. The molecule has 0 aromatic heterocycles. The minimum absolute atomic E-state index is 0. The lowest BCUT2D eigenvalue weighted by molar-refractivity contribution is 0.0781. The number of ether oxygens (including phenoxy) is 1. The number of likely N-dealkylation sites (N-methyl/N-ethyl adjacent to an activating group) is 1. The lowest BCUT2D eigenvalue weighted by Crippen LogP contribution is -2.34. The molecule has 1 heterocycles. The maximum Gasteiger partial charge on any atom is 0.253 e. The molecule has 1 aromatic carbocycles. The highest BCUT2D eigenvalue weighted by Gasteiger charge is 2.21. The molecule has 0 bridgehead atoms. The summed E-state index contributed by atoms with van der Waals surface area (Å²) in [7, 11) is 1.79. The molecule has 0 unspecified atom stereocenters. The Kier molecular flexibility index (Phi) is 5.98. The number of amides is 1. The van der Waals surface area contributed by atoms with Crippen LogP contribution in [0.5, 0.6) is 5.75 Å². The smallest absolute Gasteiger partial charge is 0.253 e. The summed E-state index contributed by atoms with van der Waals surface area (Å²) in [5, 5.41) is 0. The number of benzene rings is 1. The van der Waals surface area contributed by atoms with E-state index in [1.165, 1.54) is 0 Å². The van der Waals surface area contributed by atoms with Crippen molar-refractivity contribution in [2.45, 2.75) is 6.42 Å². The van der Waals surface area contributed by atoms with Crippen molar-refractivity contribution in [3.05, 3.63) is 41.2 Å². The van der Waals surface area contributed by atoms with Gasteiger partial charge >= 0.3 is 0 Å². The van der Waals surface area contributed by atoms with Crippen LogP contribution >= 0.6 is 12.4 Å². The number of hydrogen-bond donors (Lipinski definition) is 1. The molecule has 2 rings (SSSR count). The number of carbonyl (C=O) groups excluding carboxylic acids is 1. The zero-order chi connectivity index (χ0) is 13.8. The second-order valence-corrected chi connectivity index (χ2v) is 4.56. The summed E-state index contributed by atoms with van der Waals surface area (Å²) in [6, 6.07) is 5.32. The predicted molar refractivity (Wildman–Crippen MR) is 78.1 cm³/mol. The van der Waals surface area contributed by atoms with Gasteiger partial charge in [0.25, 0.3) is 5.91 Å². The van der Waals surface area contributed by atoms with E-state index in [0.29, 0.717) is 29.8 Å². The Bertz CT molecular complexity index is 520. The molecule has 20 heavy (non-hydrogen) atoms. The fourth-order valence-electron chi connectivity index (χ4n) is 1.98. The number of halogens is 2. The van der Waals surface area contributed by atoms with E-state index in [1.807, 2.05) is 6.07 Å². The first-order chi connectivity index (χ1) is 9.15. The van der Waals surface area contributed by atoms with Crippen LogP contribution < -0.4 is 10.5 Å². The van der Waals surface area contributed by atoms with Crippen LogP contribution in [0, 0.1) is 0 Å². The number of carbonyl (C=O) groups is 1. The third-order valence-electron chi connectivity index (χ3n) is 3.21. The maximum atomic E-state index is 12.4. The number of hydrogen-bond acceptors (Lipinski definition) is 3. The van der Waals surface area contributed by atoms with Gasteiger partial charge in [-0.1, -0.05) is 0 Å². The van der Waals surface area contributed by atoms with E-state index in [0.717, 1.165) is 12.0 Å². The summed E-state index contributed by atoms with van der Waals surface area (Å²) in [6.07, 6.45) is 1.27. The van der Waals surface area contributed by atoms with Crippen molar-refractivity contribution < 1.29 is 13.9 Å². The lowest BCUT2D eigenvalue weighted by atomic mass is 9.99. The van der Waals surface area contributed by atoms with Gasteiger partial charge in [-0.2, -0.15) is 0 Å². The molecule has 0 aliphatic carbocycles. The Morgan fingerprint density at radius 2 is 2.30 bits per heavy atom. The van der Waals surface area contributed by atoms with Gasteiger partial charge in [0.15, 0.2) is 0 Å².